The maximum Gasteiger partial charge on any atom is 0.0465 e. The summed E-state index contributed by atoms with van der Waals surface area (Å²) in [6.07, 6.45) is 6.43. The van der Waals surface area contributed by atoms with Crippen molar-refractivity contribution in [3.63, 3.8) is 0 Å². The molecule has 2 unspecified atom stereocenters. The number of rotatable bonds is 10. The van der Waals surface area contributed by atoms with E-state index in [1.165, 1.54) is 25.7 Å². The molecular weight excluding hydrogens is 198 g/mol. The van der Waals surface area contributed by atoms with Crippen molar-refractivity contribution in [2.24, 2.45) is 11.8 Å². The van der Waals surface area contributed by atoms with Gasteiger partial charge in [0.1, 0.15) is 0 Å². The molecule has 2 heteroatoms. The van der Waals surface area contributed by atoms with E-state index in [4.69, 9.17) is 4.74 Å². The molecule has 0 aliphatic rings. The fourth-order valence-electron chi connectivity index (χ4n) is 2.71. The summed E-state index contributed by atoms with van der Waals surface area (Å²) >= 11 is 0. The maximum atomic E-state index is 5.18. The molecule has 0 aromatic heterocycles. The lowest BCUT2D eigenvalue weighted by Crippen LogP contribution is -2.39. The third kappa shape index (κ3) is 5.86. The minimum Gasteiger partial charge on any atom is -0.385 e. The summed E-state index contributed by atoms with van der Waals surface area (Å²) in [7, 11) is 3.89. The van der Waals surface area contributed by atoms with Crippen molar-refractivity contribution in [3.05, 3.63) is 0 Å². The van der Waals surface area contributed by atoms with Gasteiger partial charge in [-0.1, -0.05) is 33.6 Å². The van der Waals surface area contributed by atoms with E-state index in [0.717, 1.165) is 18.9 Å². The van der Waals surface area contributed by atoms with Crippen LogP contribution >= 0.6 is 0 Å². The molecular formula is C14H31NO. The van der Waals surface area contributed by atoms with E-state index in [-0.39, 0.29) is 0 Å². The minimum absolute atomic E-state index is 0.648. The van der Waals surface area contributed by atoms with Gasteiger partial charge < -0.3 is 10.1 Å². The Morgan fingerprint density at radius 2 is 1.62 bits per heavy atom. The monoisotopic (exact) mass is 229 g/mol. The molecule has 0 bridgehead atoms. The highest BCUT2D eigenvalue weighted by atomic mass is 16.5. The third-order valence-corrected chi connectivity index (χ3v) is 3.55. The average Bonchev–Trinajstić information content (AvgIpc) is 2.28. The lowest BCUT2D eigenvalue weighted by atomic mass is 9.82. The molecule has 2 nitrogen and oxygen atoms in total. The summed E-state index contributed by atoms with van der Waals surface area (Å²) in [4.78, 5) is 0. The Kier molecular flexibility index (Phi) is 10.0. The van der Waals surface area contributed by atoms with Gasteiger partial charge in [-0.15, -0.1) is 0 Å². The molecule has 0 aliphatic heterocycles. The summed E-state index contributed by atoms with van der Waals surface area (Å²) in [5.41, 5.74) is 0. The van der Waals surface area contributed by atoms with Crippen LogP contribution in [-0.2, 0) is 4.74 Å². The summed E-state index contributed by atoms with van der Waals surface area (Å²) in [6.45, 7) is 7.80. The Hall–Kier alpha value is -0.0800. The van der Waals surface area contributed by atoms with Crippen LogP contribution in [0.1, 0.15) is 52.9 Å². The molecule has 1 N–H and O–H groups in total. The topological polar surface area (TPSA) is 21.3 Å². The van der Waals surface area contributed by atoms with Gasteiger partial charge in [0.15, 0.2) is 0 Å². The average molecular weight is 229 g/mol. The predicted octanol–water partition coefficient (Wildman–Crippen LogP) is 3.46. The normalized spacial score (nSPS) is 15.4. The predicted molar refractivity (Wildman–Crippen MR) is 71.8 cm³/mol. The van der Waals surface area contributed by atoms with E-state index in [9.17, 15) is 0 Å². The van der Waals surface area contributed by atoms with Crippen LogP contribution in [0.5, 0.6) is 0 Å². The first kappa shape index (κ1) is 15.9. The van der Waals surface area contributed by atoms with Gasteiger partial charge in [-0.3, -0.25) is 0 Å². The Bertz CT molecular complexity index is 144. The maximum absolute atomic E-state index is 5.18. The zero-order chi connectivity index (χ0) is 12.4. The summed E-state index contributed by atoms with van der Waals surface area (Å²) in [5, 5.41) is 3.52. The molecule has 98 valence electrons. The molecule has 0 fully saturated rings. The molecule has 0 amide bonds. The van der Waals surface area contributed by atoms with Crippen molar-refractivity contribution in [2.45, 2.75) is 58.9 Å². The first-order valence-corrected chi connectivity index (χ1v) is 6.87. The van der Waals surface area contributed by atoms with Gasteiger partial charge >= 0.3 is 0 Å². The van der Waals surface area contributed by atoms with Crippen molar-refractivity contribution in [2.75, 3.05) is 20.8 Å². The van der Waals surface area contributed by atoms with Gasteiger partial charge in [-0.2, -0.15) is 0 Å². The quantitative estimate of drug-likeness (QED) is 0.619. The molecule has 0 saturated heterocycles. The van der Waals surface area contributed by atoms with E-state index in [2.05, 4.69) is 33.1 Å². The SMILES string of the molecule is CCCC(CCC)C(NC)C(C)CCOC. The first-order valence-electron chi connectivity index (χ1n) is 6.87. The molecule has 0 radical (unpaired) electrons. The molecule has 0 rings (SSSR count). The summed E-state index contributed by atoms with van der Waals surface area (Å²) < 4.78 is 5.18. The van der Waals surface area contributed by atoms with Crippen LogP contribution < -0.4 is 5.32 Å². The van der Waals surface area contributed by atoms with Crippen LogP contribution in [-0.4, -0.2) is 26.8 Å². The molecule has 0 saturated carbocycles. The van der Waals surface area contributed by atoms with Gasteiger partial charge in [-0.05, 0) is 38.1 Å². The second-order valence-corrected chi connectivity index (χ2v) is 4.91. The summed E-state index contributed by atoms with van der Waals surface area (Å²) in [5.74, 6) is 1.53. The van der Waals surface area contributed by atoms with Crippen LogP contribution in [0.4, 0.5) is 0 Å². The zero-order valence-corrected chi connectivity index (χ0v) is 11.9. The molecule has 0 aromatic carbocycles. The molecule has 0 aromatic rings. The van der Waals surface area contributed by atoms with E-state index in [0.29, 0.717) is 12.0 Å². The van der Waals surface area contributed by atoms with Crippen LogP contribution in [0.15, 0.2) is 0 Å². The summed E-state index contributed by atoms with van der Waals surface area (Å²) in [6, 6.07) is 0.648. The highest BCUT2D eigenvalue weighted by Crippen LogP contribution is 2.24. The van der Waals surface area contributed by atoms with E-state index in [1.54, 1.807) is 7.11 Å². The molecule has 2 atom stereocenters. The Balaban J connectivity index is 4.26. The standard InChI is InChI=1S/C14H31NO/c1-6-8-13(9-7-2)14(15-4)12(3)10-11-16-5/h12-15H,6-11H2,1-5H3. The Labute approximate surface area is 102 Å². The molecule has 0 heterocycles. The van der Waals surface area contributed by atoms with Crippen molar-refractivity contribution in [1.82, 2.24) is 5.32 Å². The first-order chi connectivity index (χ1) is 7.71. The third-order valence-electron chi connectivity index (χ3n) is 3.55. The number of hydrogen-bond donors (Lipinski definition) is 1. The minimum atomic E-state index is 0.648. The second-order valence-electron chi connectivity index (χ2n) is 4.91. The van der Waals surface area contributed by atoms with E-state index < -0.39 is 0 Å². The lowest BCUT2D eigenvalue weighted by Gasteiger charge is -2.31. The Morgan fingerprint density at radius 1 is 1.06 bits per heavy atom. The van der Waals surface area contributed by atoms with Crippen LogP contribution in [0.2, 0.25) is 0 Å². The largest absolute Gasteiger partial charge is 0.385 e. The van der Waals surface area contributed by atoms with Gasteiger partial charge in [0.25, 0.3) is 0 Å². The lowest BCUT2D eigenvalue weighted by molar-refractivity contribution is 0.155. The van der Waals surface area contributed by atoms with E-state index >= 15 is 0 Å². The van der Waals surface area contributed by atoms with Gasteiger partial charge in [0, 0.05) is 19.8 Å². The highest BCUT2D eigenvalue weighted by Gasteiger charge is 2.23. The smallest absolute Gasteiger partial charge is 0.0465 e. The molecule has 0 spiro atoms. The van der Waals surface area contributed by atoms with Crippen molar-refractivity contribution >= 4 is 0 Å². The fraction of sp³-hybridized carbons (Fsp3) is 1.00. The van der Waals surface area contributed by atoms with Crippen LogP contribution in [0, 0.1) is 11.8 Å². The van der Waals surface area contributed by atoms with Crippen LogP contribution in [0.25, 0.3) is 0 Å². The van der Waals surface area contributed by atoms with E-state index in [1.807, 2.05) is 0 Å². The Morgan fingerprint density at radius 3 is 2.00 bits per heavy atom. The number of methoxy groups -OCH3 is 1. The van der Waals surface area contributed by atoms with Gasteiger partial charge in [0.2, 0.25) is 0 Å². The van der Waals surface area contributed by atoms with Gasteiger partial charge in [-0.25, -0.2) is 0 Å². The highest BCUT2D eigenvalue weighted by molar-refractivity contribution is 4.79. The van der Waals surface area contributed by atoms with Crippen molar-refractivity contribution in [3.8, 4) is 0 Å². The number of ether oxygens (including phenoxy) is 1. The number of hydrogen-bond acceptors (Lipinski definition) is 2. The zero-order valence-electron chi connectivity index (χ0n) is 11.9. The molecule has 0 aliphatic carbocycles. The molecule has 16 heavy (non-hydrogen) atoms. The fourth-order valence-corrected chi connectivity index (χ4v) is 2.71. The number of nitrogens with one attached hydrogen (secondary N) is 1. The van der Waals surface area contributed by atoms with Crippen molar-refractivity contribution in [1.29, 1.82) is 0 Å². The van der Waals surface area contributed by atoms with Crippen LogP contribution in [0.3, 0.4) is 0 Å². The van der Waals surface area contributed by atoms with Gasteiger partial charge in [0.05, 0.1) is 0 Å². The van der Waals surface area contributed by atoms with Crippen molar-refractivity contribution < 1.29 is 4.74 Å². The second kappa shape index (κ2) is 10.1.